The van der Waals surface area contributed by atoms with E-state index in [1.54, 1.807) is 0 Å². The predicted octanol–water partition coefficient (Wildman–Crippen LogP) is 1.06. The number of hydrogen-bond donors (Lipinski definition) is 3. The Morgan fingerprint density at radius 1 is 1.00 bits per heavy atom. The molecule has 0 bridgehead atoms. The molecule has 148 valence electrons. The maximum absolute atomic E-state index is 12.9. The standard InChI is InChI=1S/C19H21F2N5O2/c20-13-1-3-15(23-8-13)10-25-17(27)7-19(5-6-22-12-19)18(28)26-11-16-4-2-14(21)9-24-16/h1-4,8-9,22H,5-7,10-12H2,(H,25,27)(H,26,28). The number of carbonyl (C=O) groups excluding carboxylic acids is 2. The Morgan fingerprint density at radius 3 is 2.11 bits per heavy atom. The number of nitrogens with one attached hydrogen (secondary N) is 3. The molecule has 1 fully saturated rings. The average Bonchev–Trinajstić information content (AvgIpc) is 3.16. The monoisotopic (exact) mass is 389 g/mol. The number of rotatable bonds is 7. The van der Waals surface area contributed by atoms with Crippen molar-refractivity contribution >= 4 is 11.8 Å². The normalized spacial score (nSPS) is 18.6. The maximum Gasteiger partial charge on any atom is 0.228 e. The van der Waals surface area contributed by atoms with Crippen molar-refractivity contribution in [2.24, 2.45) is 5.41 Å². The minimum atomic E-state index is -0.861. The van der Waals surface area contributed by atoms with Gasteiger partial charge in [0.2, 0.25) is 11.8 Å². The van der Waals surface area contributed by atoms with Crippen LogP contribution in [-0.2, 0) is 22.7 Å². The Morgan fingerprint density at radius 2 is 1.61 bits per heavy atom. The maximum atomic E-state index is 12.9. The Kier molecular flexibility index (Phi) is 6.25. The highest BCUT2D eigenvalue weighted by molar-refractivity contribution is 5.89. The molecule has 9 heteroatoms. The molecule has 1 unspecified atom stereocenters. The largest absolute Gasteiger partial charge is 0.350 e. The summed E-state index contributed by atoms with van der Waals surface area (Å²) in [5.41, 5.74) is 0.197. The Hall–Kier alpha value is -2.94. The summed E-state index contributed by atoms with van der Waals surface area (Å²) in [7, 11) is 0. The average molecular weight is 389 g/mol. The van der Waals surface area contributed by atoms with E-state index in [2.05, 4.69) is 25.9 Å². The minimum absolute atomic E-state index is 0.0177. The molecule has 2 aromatic heterocycles. The first-order chi connectivity index (χ1) is 13.5. The third-order valence-electron chi connectivity index (χ3n) is 4.70. The molecule has 2 amide bonds. The van der Waals surface area contributed by atoms with E-state index >= 15 is 0 Å². The van der Waals surface area contributed by atoms with E-state index in [9.17, 15) is 18.4 Å². The van der Waals surface area contributed by atoms with Gasteiger partial charge in [0, 0.05) is 13.0 Å². The molecule has 28 heavy (non-hydrogen) atoms. The molecule has 2 aromatic rings. The lowest BCUT2D eigenvalue weighted by Gasteiger charge is -2.26. The first-order valence-corrected chi connectivity index (χ1v) is 8.93. The fraction of sp³-hybridized carbons (Fsp3) is 0.368. The van der Waals surface area contributed by atoms with E-state index < -0.39 is 17.0 Å². The summed E-state index contributed by atoms with van der Waals surface area (Å²) in [4.78, 5) is 33.0. The molecule has 3 N–H and O–H groups in total. The van der Waals surface area contributed by atoms with Crippen molar-refractivity contribution in [3.8, 4) is 0 Å². The molecular weight excluding hydrogens is 368 g/mol. The number of amides is 2. The molecule has 0 saturated carbocycles. The Bertz CT molecular complexity index is 821. The highest BCUT2D eigenvalue weighted by atomic mass is 19.1. The van der Waals surface area contributed by atoms with Gasteiger partial charge in [-0.3, -0.25) is 19.6 Å². The van der Waals surface area contributed by atoms with Gasteiger partial charge in [0.15, 0.2) is 0 Å². The van der Waals surface area contributed by atoms with Crippen molar-refractivity contribution in [1.29, 1.82) is 0 Å². The quantitative estimate of drug-likeness (QED) is 0.658. The molecule has 1 saturated heterocycles. The number of carbonyl (C=O) groups is 2. The highest BCUT2D eigenvalue weighted by Gasteiger charge is 2.42. The van der Waals surface area contributed by atoms with Crippen molar-refractivity contribution in [2.45, 2.75) is 25.9 Å². The summed E-state index contributed by atoms with van der Waals surface area (Å²) in [6, 6.07) is 5.54. The van der Waals surface area contributed by atoms with Gasteiger partial charge < -0.3 is 16.0 Å². The van der Waals surface area contributed by atoms with Crippen molar-refractivity contribution in [3.05, 3.63) is 59.7 Å². The lowest BCUT2D eigenvalue weighted by molar-refractivity contribution is -0.135. The molecule has 0 spiro atoms. The minimum Gasteiger partial charge on any atom is -0.350 e. The van der Waals surface area contributed by atoms with Crippen LogP contribution >= 0.6 is 0 Å². The van der Waals surface area contributed by atoms with Crippen molar-refractivity contribution in [2.75, 3.05) is 13.1 Å². The molecule has 1 aliphatic heterocycles. The van der Waals surface area contributed by atoms with Crippen LogP contribution < -0.4 is 16.0 Å². The van der Waals surface area contributed by atoms with E-state index in [0.717, 1.165) is 12.4 Å². The van der Waals surface area contributed by atoms with Gasteiger partial charge in [-0.25, -0.2) is 8.78 Å². The van der Waals surface area contributed by atoms with Gasteiger partial charge in [-0.05, 0) is 37.2 Å². The summed E-state index contributed by atoms with van der Waals surface area (Å²) in [6.07, 6.45) is 2.72. The van der Waals surface area contributed by atoms with E-state index in [-0.39, 0.29) is 31.3 Å². The molecule has 0 aliphatic carbocycles. The number of aromatic nitrogens is 2. The molecule has 7 nitrogen and oxygen atoms in total. The van der Waals surface area contributed by atoms with E-state index in [0.29, 0.717) is 30.9 Å². The zero-order chi connectivity index (χ0) is 20.0. The van der Waals surface area contributed by atoms with E-state index in [4.69, 9.17) is 0 Å². The number of nitrogens with zero attached hydrogens (tertiary/aromatic N) is 2. The summed E-state index contributed by atoms with van der Waals surface area (Å²) >= 11 is 0. The Balaban J connectivity index is 1.56. The van der Waals surface area contributed by atoms with Crippen LogP contribution in [0.5, 0.6) is 0 Å². The van der Waals surface area contributed by atoms with Crippen LogP contribution in [0.4, 0.5) is 8.78 Å². The third kappa shape index (κ3) is 5.07. The summed E-state index contributed by atoms with van der Waals surface area (Å²) in [5.74, 6) is -1.43. The van der Waals surface area contributed by atoms with Crippen LogP contribution in [0, 0.1) is 17.0 Å². The van der Waals surface area contributed by atoms with Gasteiger partial charge in [-0.2, -0.15) is 0 Å². The first kappa shape index (κ1) is 19.8. The van der Waals surface area contributed by atoms with E-state index in [1.807, 2.05) is 0 Å². The second kappa shape index (κ2) is 8.83. The molecule has 3 heterocycles. The topological polar surface area (TPSA) is 96.0 Å². The lowest BCUT2D eigenvalue weighted by atomic mass is 9.82. The van der Waals surface area contributed by atoms with Crippen LogP contribution in [0.3, 0.4) is 0 Å². The van der Waals surface area contributed by atoms with Crippen molar-refractivity contribution in [3.63, 3.8) is 0 Å². The third-order valence-corrected chi connectivity index (χ3v) is 4.70. The van der Waals surface area contributed by atoms with Gasteiger partial charge in [0.05, 0.1) is 42.3 Å². The van der Waals surface area contributed by atoms with Crippen LogP contribution in [0.25, 0.3) is 0 Å². The van der Waals surface area contributed by atoms with Crippen LogP contribution in [0.1, 0.15) is 24.2 Å². The molecule has 0 radical (unpaired) electrons. The molecule has 1 aliphatic rings. The van der Waals surface area contributed by atoms with Gasteiger partial charge in [0.1, 0.15) is 11.6 Å². The fourth-order valence-corrected chi connectivity index (χ4v) is 3.11. The highest BCUT2D eigenvalue weighted by Crippen LogP contribution is 2.30. The SMILES string of the molecule is O=C(CC1(C(=O)NCc2ccc(F)cn2)CCNC1)NCc1ccc(F)cn1. The molecule has 3 rings (SSSR count). The van der Waals surface area contributed by atoms with E-state index in [1.165, 1.54) is 24.3 Å². The smallest absolute Gasteiger partial charge is 0.228 e. The zero-order valence-corrected chi connectivity index (χ0v) is 15.2. The van der Waals surface area contributed by atoms with Crippen LogP contribution in [0.2, 0.25) is 0 Å². The summed E-state index contributed by atoms with van der Waals surface area (Å²) in [6.45, 7) is 1.33. The first-order valence-electron chi connectivity index (χ1n) is 8.93. The molecule has 1 atom stereocenters. The van der Waals surface area contributed by atoms with Gasteiger partial charge >= 0.3 is 0 Å². The summed E-state index contributed by atoms with van der Waals surface area (Å²) in [5, 5.41) is 8.63. The number of halogens is 2. The summed E-state index contributed by atoms with van der Waals surface area (Å²) < 4.78 is 25.8. The second-order valence-corrected chi connectivity index (χ2v) is 6.78. The van der Waals surface area contributed by atoms with Crippen molar-refractivity contribution < 1.29 is 18.4 Å². The number of hydrogen-bond acceptors (Lipinski definition) is 5. The molecular formula is C19H21F2N5O2. The van der Waals surface area contributed by atoms with Gasteiger partial charge in [-0.1, -0.05) is 0 Å². The predicted molar refractivity (Wildman–Crippen MR) is 96.6 cm³/mol. The Labute approximate surface area is 161 Å². The second-order valence-electron chi connectivity index (χ2n) is 6.78. The van der Waals surface area contributed by atoms with Gasteiger partial charge in [-0.15, -0.1) is 0 Å². The zero-order valence-electron chi connectivity index (χ0n) is 15.2. The van der Waals surface area contributed by atoms with Crippen LogP contribution in [-0.4, -0.2) is 34.9 Å². The number of pyridine rings is 2. The fourth-order valence-electron chi connectivity index (χ4n) is 3.11. The molecule has 0 aromatic carbocycles. The van der Waals surface area contributed by atoms with Gasteiger partial charge in [0.25, 0.3) is 0 Å². The van der Waals surface area contributed by atoms with Crippen LogP contribution in [0.15, 0.2) is 36.7 Å². The lowest BCUT2D eigenvalue weighted by Crippen LogP contribution is -2.45. The van der Waals surface area contributed by atoms with Crippen molar-refractivity contribution in [1.82, 2.24) is 25.9 Å².